The van der Waals surface area contributed by atoms with Crippen LogP contribution in [0.25, 0.3) is 10.9 Å². The van der Waals surface area contributed by atoms with E-state index in [1.807, 2.05) is 0 Å². The van der Waals surface area contributed by atoms with Crippen LogP contribution in [0, 0.1) is 0 Å². The van der Waals surface area contributed by atoms with Gasteiger partial charge in [-0.2, -0.15) is 4.68 Å². The third-order valence-corrected chi connectivity index (χ3v) is 2.75. The molecule has 0 radical (unpaired) electrons. The van der Waals surface area contributed by atoms with Gasteiger partial charge in [-0.15, -0.1) is 5.10 Å². The van der Waals surface area contributed by atoms with E-state index in [2.05, 4.69) is 15.6 Å². The van der Waals surface area contributed by atoms with Crippen LogP contribution in [-0.2, 0) is 9.59 Å². The smallest absolute Gasteiger partial charge is 0.322 e. The van der Waals surface area contributed by atoms with Gasteiger partial charge in [0.2, 0.25) is 5.91 Å². The minimum atomic E-state index is -1.16. The fourth-order valence-electron chi connectivity index (χ4n) is 1.68. The van der Waals surface area contributed by atoms with Gasteiger partial charge in [0.15, 0.2) is 0 Å². The monoisotopic (exact) mass is 276 g/mol. The number of carboxylic acids is 1. The number of nitrogens with one attached hydrogen (secondary N) is 1. The van der Waals surface area contributed by atoms with Crippen LogP contribution in [0.15, 0.2) is 29.1 Å². The van der Waals surface area contributed by atoms with Gasteiger partial charge in [0.1, 0.15) is 18.1 Å². The van der Waals surface area contributed by atoms with Crippen LogP contribution in [0.3, 0.4) is 0 Å². The Morgan fingerprint density at radius 2 is 2.10 bits per heavy atom. The van der Waals surface area contributed by atoms with E-state index in [1.54, 1.807) is 24.3 Å². The number of hydrogen-bond donors (Lipinski definition) is 2. The highest BCUT2D eigenvalue weighted by Crippen LogP contribution is 2.06. The molecule has 1 aromatic carbocycles. The molecule has 8 nitrogen and oxygen atoms in total. The Morgan fingerprint density at radius 3 is 2.80 bits per heavy atom. The highest BCUT2D eigenvalue weighted by molar-refractivity contribution is 5.84. The minimum absolute atomic E-state index is 0.348. The summed E-state index contributed by atoms with van der Waals surface area (Å²) in [5.74, 6) is -1.78. The summed E-state index contributed by atoms with van der Waals surface area (Å²) in [5, 5.41) is 18.6. The molecular formula is C12H12N4O4. The number of hydrogen-bond acceptors (Lipinski definition) is 5. The van der Waals surface area contributed by atoms with Crippen molar-refractivity contribution in [2.45, 2.75) is 13.0 Å². The Kier molecular flexibility index (Phi) is 3.74. The van der Waals surface area contributed by atoms with Gasteiger partial charge in [0, 0.05) is 0 Å². The van der Waals surface area contributed by atoms with Gasteiger partial charge in [0.05, 0.1) is 5.39 Å². The average molecular weight is 276 g/mol. The molecule has 0 spiro atoms. The van der Waals surface area contributed by atoms with Crippen molar-refractivity contribution >= 4 is 22.8 Å². The molecule has 0 aliphatic carbocycles. The second-order valence-electron chi connectivity index (χ2n) is 4.14. The molecule has 0 aliphatic rings. The van der Waals surface area contributed by atoms with E-state index in [9.17, 15) is 14.4 Å². The lowest BCUT2D eigenvalue weighted by atomic mass is 10.2. The molecule has 0 bridgehead atoms. The fraction of sp³-hybridized carbons (Fsp3) is 0.250. The molecular weight excluding hydrogens is 264 g/mol. The van der Waals surface area contributed by atoms with Gasteiger partial charge in [-0.1, -0.05) is 17.3 Å². The first kappa shape index (κ1) is 13.7. The number of carbonyl (C=O) groups is 2. The van der Waals surface area contributed by atoms with Crippen molar-refractivity contribution in [1.82, 2.24) is 20.3 Å². The summed E-state index contributed by atoms with van der Waals surface area (Å²) in [6.07, 6.45) is 0. The lowest BCUT2D eigenvalue weighted by Gasteiger charge is -2.12. The second-order valence-corrected chi connectivity index (χ2v) is 4.14. The van der Waals surface area contributed by atoms with Crippen LogP contribution in [0.1, 0.15) is 13.0 Å². The number of carbonyl (C=O) groups excluding carboxylic acids is 1. The van der Waals surface area contributed by atoms with Crippen molar-refractivity contribution in [3.8, 4) is 0 Å². The van der Waals surface area contributed by atoms with Crippen LogP contribution in [0.4, 0.5) is 0 Å². The molecule has 1 atom stereocenters. The molecule has 0 saturated heterocycles. The number of nitrogens with zero attached hydrogens (tertiary/aromatic N) is 3. The van der Waals surface area contributed by atoms with E-state index < -0.39 is 30.0 Å². The summed E-state index contributed by atoms with van der Waals surface area (Å²) < 4.78 is 0.930. The Hall–Kier alpha value is -2.77. The Labute approximate surface area is 113 Å². The van der Waals surface area contributed by atoms with E-state index in [-0.39, 0.29) is 0 Å². The van der Waals surface area contributed by atoms with Gasteiger partial charge < -0.3 is 10.4 Å². The fourth-order valence-corrected chi connectivity index (χ4v) is 1.68. The molecule has 1 amide bonds. The maximum atomic E-state index is 12.2. The number of fused-ring (bicyclic) bond motifs is 1. The van der Waals surface area contributed by atoms with Crippen LogP contribution in [-0.4, -0.2) is 38.5 Å². The predicted octanol–water partition coefficient (Wildman–Crippen LogP) is -0.447. The number of carboxylic acid groups (broad SMARTS) is 1. The van der Waals surface area contributed by atoms with Gasteiger partial charge in [0.25, 0.3) is 5.56 Å². The van der Waals surface area contributed by atoms with Crippen molar-refractivity contribution in [2.75, 3.05) is 6.54 Å². The van der Waals surface area contributed by atoms with E-state index >= 15 is 0 Å². The Morgan fingerprint density at radius 1 is 1.40 bits per heavy atom. The van der Waals surface area contributed by atoms with E-state index in [0.717, 1.165) is 4.68 Å². The number of benzene rings is 1. The highest BCUT2D eigenvalue weighted by Gasteiger charge is 2.19. The molecule has 2 aromatic rings. The average Bonchev–Trinajstić information content (AvgIpc) is 2.44. The third-order valence-electron chi connectivity index (χ3n) is 2.75. The topological polar surface area (TPSA) is 114 Å². The third kappa shape index (κ3) is 2.63. The quantitative estimate of drug-likeness (QED) is 0.782. The normalized spacial score (nSPS) is 12.1. The van der Waals surface area contributed by atoms with Crippen LogP contribution >= 0.6 is 0 Å². The zero-order valence-corrected chi connectivity index (χ0v) is 10.6. The molecule has 1 heterocycles. The van der Waals surface area contributed by atoms with Crippen LogP contribution in [0.5, 0.6) is 0 Å². The molecule has 2 rings (SSSR count). The number of rotatable bonds is 4. The number of aromatic nitrogens is 3. The molecule has 20 heavy (non-hydrogen) atoms. The molecule has 0 saturated carbocycles. The van der Waals surface area contributed by atoms with Gasteiger partial charge in [-0.25, -0.2) is 0 Å². The zero-order chi connectivity index (χ0) is 14.7. The van der Waals surface area contributed by atoms with E-state index in [4.69, 9.17) is 5.11 Å². The second kappa shape index (κ2) is 5.47. The van der Waals surface area contributed by atoms with Crippen molar-refractivity contribution in [2.24, 2.45) is 0 Å². The first-order valence-electron chi connectivity index (χ1n) is 5.84. The van der Waals surface area contributed by atoms with Crippen molar-refractivity contribution < 1.29 is 14.7 Å². The summed E-state index contributed by atoms with van der Waals surface area (Å²) in [6.45, 7) is 0.932. The molecule has 104 valence electrons. The molecule has 2 N–H and O–H groups in total. The minimum Gasteiger partial charge on any atom is -0.480 e. The maximum absolute atomic E-state index is 12.2. The first-order chi connectivity index (χ1) is 9.50. The van der Waals surface area contributed by atoms with E-state index in [1.165, 1.54) is 6.92 Å². The van der Waals surface area contributed by atoms with Crippen molar-refractivity contribution in [3.63, 3.8) is 0 Å². The lowest BCUT2D eigenvalue weighted by Crippen LogP contribution is -2.39. The summed E-state index contributed by atoms with van der Waals surface area (Å²) in [5.41, 5.74) is -0.0135. The SMILES string of the molecule is C[C@H](C(=O)NCC(=O)O)n1nnc2ccccc2c1=O. The summed E-state index contributed by atoms with van der Waals surface area (Å²) in [4.78, 5) is 34.3. The first-order valence-corrected chi connectivity index (χ1v) is 5.84. The molecule has 0 aliphatic heterocycles. The lowest BCUT2D eigenvalue weighted by molar-refractivity contribution is -0.138. The maximum Gasteiger partial charge on any atom is 0.322 e. The van der Waals surface area contributed by atoms with Crippen molar-refractivity contribution in [3.05, 3.63) is 34.6 Å². The predicted molar refractivity (Wildman–Crippen MR) is 69.2 cm³/mol. The summed E-state index contributed by atoms with van der Waals surface area (Å²) in [6, 6.07) is 5.70. The molecule has 8 heteroatoms. The van der Waals surface area contributed by atoms with Crippen LogP contribution < -0.4 is 10.9 Å². The van der Waals surface area contributed by atoms with Gasteiger partial charge >= 0.3 is 5.97 Å². The number of amides is 1. The summed E-state index contributed by atoms with van der Waals surface area (Å²) >= 11 is 0. The summed E-state index contributed by atoms with van der Waals surface area (Å²) in [7, 11) is 0. The largest absolute Gasteiger partial charge is 0.480 e. The Balaban J connectivity index is 2.33. The van der Waals surface area contributed by atoms with Gasteiger partial charge in [-0.3, -0.25) is 14.4 Å². The van der Waals surface area contributed by atoms with Gasteiger partial charge in [-0.05, 0) is 19.1 Å². The molecule has 1 aromatic heterocycles. The number of aliphatic carboxylic acids is 1. The molecule has 0 fully saturated rings. The standard InChI is InChI=1S/C12H12N4O4/c1-7(11(19)13-6-10(17)18)16-12(20)8-4-2-3-5-9(8)14-15-16/h2-5,7H,6H2,1H3,(H,13,19)(H,17,18)/t7-/m1/s1. The zero-order valence-electron chi connectivity index (χ0n) is 10.6. The highest BCUT2D eigenvalue weighted by atomic mass is 16.4. The Bertz CT molecular complexity index is 725. The van der Waals surface area contributed by atoms with Crippen LogP contribution in [0.2, 0.25) is 0 Å². The van der Waals surface area contributed by atoms with E-state index in [0.29, 0.717) is 10.9 Å². The molecule has 0 unspecified atom stereocenters. The van der Waals surface area contributed by atoms with Crippen molar-refractivity contribution in [1.29, 1.82) is 0 Å².